The summed E-state index contributed by atoms with van der Waals surface area (Å²) in [7, 11) is 0. The molecule has 0 saturated heterocycles. The summed E-state index contributed by atoms with van der Waals surface area (Å²) in [4.78, 5) is 0. The molecule has 0 aliphatic carbocycles. The van der Waals surface area contributed by atoms with Crippen molar-refractivity contribution in [2.45, 2.75) is 26.3 Å². The Morgan fingerprint density at radius 1 is 1.05 bits per heavy atom. The van der Waals surface area contributed by atoms with E-state index in [-0.39, 0.29) is 6.04 Å². The summed E-state index contributed by atoms with van der Waals surface area (Å²) in [6, 6.07) is 14.2. The monoisotopic (exact) mass is 293 g/mol. The molecular formula is C16H17Cl2N. The van der Waals surface area contributed by atoms with Gasteiger partial charge >= 0.3 is 0 Å². The second kappa shape index (κ2) is 6.31. The van der Waals surface area contributed by atoms with E-state index >= 15 is 0 Å². The van der Waals surface area contributed by atoms with Crippen LogP contribution in [0.25, 0.3) is 0 Å². The van der Waals surface area contributed by atoms with Gasteiger partial charge in [0.2, 0.25) is 0 Å². The van der Waals surface area contributed by atoms with Crippen molar-refractivity contribution in [3.05, 3.63) is 63.6 Å². The number of rotatable bonds is 4. The molecule has 0 saturated carbocycles. The highest BCUT2D eigenvalue weighted by atomic mass is 35.5. The highest BCUT2D eigenvalue weighted by Crippen LogP contribution is 2.32. The summed E-state index contributed by atoms with van der Waals surface area (Å²) in [6.45, 7) is 4.24. The number of halogens is 2. The van der Waals surface area contributed by atoms with Gasteiger partial charge in [-0.2, -0.15) is 0 Å². The summed E-state index contributed by atoms with van der Waals surface area (Å²) >= 11 is 12.3. The van der Waals surface area contributed by atoms with Crippen LogP contribution < -0.4 is 5.32 Å². The van der Waals surface area contributed by atoms with Crippen LogP contribution in [0.4, 0.5) is 5.69 Å². The minimum Gasteiger partial charge on any atom is -0.378 e. The zero-order chi connectivity index (χ0) is 13.8. The summed E-state index contributed by atoms with van der Waals surface area (Å²) in [6.07, 6.45) is 0.999. The molecule has 0 heterocycles. The first-order chi connectivity index (χ1) is 9.13. The van der Waals surface area contributed by atoms with Crippen LogP contribution in [0.3, 0.4) is 0 Å². The van der Waals surface area contributed by atoms with Gasteiger partial charge in [0.1, 0.15) is 0 Å². The number of aryl methyl sites for hydroxylation is 1. The van der Waals surface area contributed by atoms with E-state index in [4.69, 9.17) is 23.2 Å². The number of anilines is 1. The largest absolute Gasteiger partial charge is 0.378 e. The van der Waals surface area contributed by atoms with Gasteiger partial charge in [-0.25, -0.2) is 0 Å². The maximum Gasteiger partial charge on any atom is 0.0644 e. The fourth-order valence-electron chi connectivity index (χ4n) is 2.14. The van der Waals surface area contributed by atoms with Crippen LogP contribution in [0.1, 0.15) is 31.0 Å². The number of hydrogen-bond donors (Lipinski definition) is 1. The summed E-state index contributed by atoms with van der Waals surface area (Å²) < 4.78 is 0. The van der Waals surface area contributed by atoms with Gasteiger partial charge in [-0.1, -0.05) is 60.5 Å². The van der Waals surface area contributed by atoms with E-state index in [0.717, 1.165) is 17.7 Å². The topological polar surface area (TPSA) is 12.0 Å². The summed E-state index contributed by atoms with van der Waals surface area (Å²) in [5.74, 6) is 0. The maximum atomic E-state index is 6.26. The van der Waals surface area contributed by atoms with Crippen molar-refractivity contribution < 1.29 is 0 Å². The van der Waals surface area contributed by atoms with Crippen molar-refractivity contribution >= 4 is 28.9 Å². The molecule has 0 spiro atoms. The Kier molecular flexibility index (Phi) is 4.73. The fraction of sp³-hybridized carbons (Fsp3) is 0.250. The Hall–Kier alpha value is -1.18. The fourth-order valence-corrected chi connectivity index (χ4v) is 2.61. The lowest BCUT2D eigenvalue weighted by Crippen LogP contribution is -2.08. The van der Waals surface area contributed by atoms with Crippen molar-refractivity contribution in [1.29, 1.82) is 0 Å². The highest BCUT2D eigenvalue weighted by Gasteiger charge is 2.12. The van der Waals surface area contributed by atoms with Crippen LogP contribution in [0.15, 0.2) is 42.5 Å². The molecule has 0 amide bonds. The first-order valence-electron chi connectivity index (χ1n) is 6.41. The average molecular weight is 294 g/mol. The standard InChI is InChI=1S/C16H17Cl2N/c1-3-12-7-4-5-10-15(12)19-11(2)13-8-6-9-14(17)16(13)18/h4-11,19H,3H2,1-2H3. The molecule has 2 aromatic rings. The third-order valence-corrected chi connectivity index (χ3v) is 4.05. The van der Waals surface area contributed by atoms with E-state index in [9.17, 15) is 0 Å². The highest BCUT2D eigenvalue weighted by molar-refractivity contribution is 6.42. The van der Waals surface area contributed by atoms with E-state index in [2.05, 4.69) is 37.4 Å². The van der Waals surface area contributed by atoms with Crippen molar-refractivity contribution in [3.63, 3.8) is 0 Å². The molecule has 0 aromatic heterocycles. The molecule has 0 aliphatic heterocycles. The van der Waals surface area contributed by atoms with Crippen LogP contribution in [-0.4, -0.2) is 0 Å². The van der Waals surface area contributed by atoms with Gasteiger partial charge in [-0.05, 0) is 36.6 Å². The second-order valence-corrected chi connectivity index (χ2v) is 5.30. The Labute approximate surface area is 124 Å². The van der Waals surface area contributed by atoms with Gasteiger partial charge in [0.05, 0.1) is 16.1 Å². The van der Waals surface area contributed by atoms with Crippen LogP contribution in [0.5, 0.6) is 0 Å². The third kappa shape index (κ3) is 3.23. The number of para-hydroxylation sites is 1. The van der Waals surface area contributed by atoms with Crippen LogP contribution >= 0.6 is 23.2 Å². The maximum absolute atomic E-state index is 6.26. The Bertz CT molecular complexity index is 566. The van der Waals surface area contributed by atoms with E-state index in [1.54, 1.807) is 6.07 Å². The molecular weight excluding hydrogens is 277 g/mol. The zero-order valence-corrected chi connectivity index (χ0v) is 12.6. The summed E-state index contributed by atoms with van der Waals surface area (Å²) in [5, 5.41) is 4.72. The Balaban J connectivity index is 2.26. The SMILES string of the molecule is CCc1ccccc1NC(C)c1cccc(Cl)c1Cl. The molecule has 1 nitrogen and oxygen atoms in total. The van der Waals surface area contributed by atoms with E-state index in [1.807, 2.05) is 18.2 Å². The van der Waals surface area contributed by atoms with E-state index in [1.165, 1.54) is 5.56 Å². The van der Waals surface area contributed by atoms with Gasteiger partial charge in [0.25, 0.3) is 0 Å². The summed E-state index contributed by atoms with van der Waals surface area (Å²) in [5.41, 5.74) is 3.46. The molecule has 1 unspecified atom stereocenters. The number of benzene rings is 2. The van der Waals surface area contributed by atoms with E-state index < -0.39 is 0 Å². The molecule has 2 aromatic carbocycles. The normalized spacial score (nSPS) is 12.2. The number of hydrogen-bond acceptors (Lipinski definition) is 1. The second-order valence-electron chi connectivity index (χ2n) is 4.52. The lowest BCUT2D eigenvalue weighted by molar-refractivity contribution is 0.880. The predicted octanol–water partition coefficient (Wildman–Crippen LogP) is 5.73. The smallest absolute Gasteiger partial charge is 0.0644 e. The first-order valence-corrected chi connectivity index (χ1v) is 7.17. The quantitative estimate of drug-likeness (QED) is 0.759. The van der Waals surface area contributed by atoms with Gasteiger partial charge in [-0.15, -0.1) is 0 Å². The molecule has 0 bridgehead atoms. The minimum atomic E-state index is 0.110. The molecule has 100 valence electrons. The molecule has 19 heavy (non-hydrogen) atoms. The Morgan fingerprint density at radius 2 is 1.79 bits per heavy atom. The first kappa shape index (κ1) is 14.2. The van der Waals surface area contributed by atoms with Crippen molar-refractivity contribution in [2.75, 3.05) is 5.32 Å². The number of nitrogens with one attached hydrogen (secondary N) is 1. The van der Waals surface area contributed by atoms with Crippen LogP contribution in [0, 0.1) is 0 Å². The molecule has 1 N–H and O–H groups in total. The Morgan fingerprint density at radius 3 is 2.53 bits per heavy atom. The predicted molar refractivity (Wildman–Crippen MR) is 84.3 cm³/mol. The molecule has 2 rings (SSSR count). The van der Waals surface area contributed by atoms with Gasteiger partial charge in [0, 0.05) is 5.69 Å². The van der Waals surface area contributed by atoms with Gasteiger partial charge in [0.15, 0.2) is 0 Å². The molecule has 3 heteroatoms. The average Bonchev–Trinajstić information content (AvgIpc) is 2.42. The minimum absolute atomic E-state index is 0.110. The third-order valence-electron chi connectivity index (χ3n) is 3.22. The molecule has 0 aliphatic rings. The van der Waals surface area contributed by atoms with Crippen molar-refractivity contribution in [1.82, 2.24) is 0 Å². The lowest BCUT2D eigenvalue weighted by Gasteiger charge is -2.19. The molecule has 1 atom stereocenters. The zero-order valence-electron chi connectivity index (χ0n) is 11.1. The van der Waals surface area contributed by atoms with Crippen molar-refractivity contribution in [2.24, 2.45) is 0 Å². The van der Waals surface area contributed by atoms with Gasteiger partial charge in [-0.3, -0.25) is 0 Å². The van der Waals surface area contributed by atoms with E-state index in [0.29, 0.717) is 10.0 Å². The molecule has 0 fully saturated rings. The molecule has 0 radical (unpaired) electrons. The van der Waals surface area contributed by atoms with Crippen LogP contribution in [-0.2, 0) is 6.42 Å². The van der Waals surface area contributed by atoms with Gasteiger partial charge < -0.3 is 5.32 Å². The lowest BCUT2D eigenvalue weighted by atomic mass is 10.1. The van der Waals surface area contributed by atoms with Crippen molar-refractivity contribution in [3.8, 4) is 0 Å². The van der Waals surface area contributed by atoms with Crippen LogP contribution in [0.2, 0.25) is 10.0 Å².